The van der Waals surface area contributed by atoms with Crippen molar-refractivity contribution in [3.8, 4) is 5.88 Å². The second-order valence-electron chi connectivity index (χ2n) is 3.55. The van der Waals surface area contributed by atoms with Crippen LogP contribution in [-0.4, -0.2) is 23.6 Å². The highest BCUT2D eigenvalue weighted by atomic mass is 32.1. The number of nitrogens with one attached hydrogen (secondary N) is 1. The zero-order chi connectivity index (χ0) is 11.9. The lowest BCUT2D eigenvalue weighted by Crippen LogP contribution is -2.08. The van der Waals surface area contributed by atoms with Gasteiger partial charge in [0.2, 0.25) is 5.88 Å². The minimum absolute atomic E-state index is 0.585. The summed E-state index contributed by atoms with van der Waals surface area (Å²) < 4.78 is 5.53. The van der Waals surface area contributed by atoms with E-state index in [-0.39, 0.29) is 0 Å². The summed E-state index contributed by atoms with van der Waals surface area (Å²) in [6, 6.07) is 4.15. The largest absolute Gasteiger partial charge is 0.476 e. The van der Waals surface area contributed by atoms with Crippen LogP contribution in [0.25, 0.3) is 0 Å². The Morgan fingerprint density at radius 2 is 2.29 bits per heavy atom. The van der Waals surface area contributed by atoms with E-state index in [9.17, 15) is 0 Å². The summed E-state index contributed by atoms with van der Waals surface area (Å²) in [6.45, 7) is 1.36. The number of nitrogens with zero attached hydrogens (tertiary/aromatic N) is 2. The summed E-state index contributed by atoms with van der Waals surface area (Å²) in [7, 11) is 1.88. The van der Waals surface area contributed by atoms with Crippen LogP contribution in [0.2, 0.25) is 0 Å². The number of thiophene rings is 1. The van der Waals surface area contributed by atoms with E-state index in [0.29, 0.717) is 12.5 Å². The molecule has 0 amide bonds. The maximum Gasteiger partial charge on any atom is 0.232 e. The molecule has 0 fully saturated rings. The minimum atomic E-state index is 0.585. The number of hydrogen-bond acceptors (Lipinski definition) is 5. The van der Waals surface area contributed by atoms with Crippen LogP contribution in [0.5, 0.6) is 5.88 Å². The highest BCUT2D eigenvalue weighted by Crippen LogP contribution is 2.10. The molecule has 0 atom stereocenters. The van der Waals surface area contributed by atoms with Crippen LogP contribution >= 0.6 is 11.3 Å². The fourth-order valence-corrected chi connectivity index (χ4v) is 2.09. The molecule has 0 aliphatic heterocycles. The van der Waals surface area contributed by atoms with Gasteiger partial charge in [-0.25, -0.2) is 4.98 Å². The van der Waals surface area contributed by atoms with E-state index in [4.69, 9.17) is 4.74 Å². The molecule has 2 aromatic rings. The van der Waals surface area contributed by atoms with Crippen molar-refractivity contribution in [2.45, 2.75) is 13.0 Å². The molecule has 2 aromatic heterocycles. The van der Waals surface area contributed by atoms with Crippen molar-refractivity contribution >= 4 is 11.3 Å². The molecule has 0 saturated heterocycles. The van der Waals surface area contributed by atoms with E-state index in [1.54, 1.807) is 23.7 Å². The van der Waals surface area contributed by atoms with Crippen LogP contribution in [0.4, 0.5) is 0 Å². The Hall–Kier alpha value is -1.46. The lowest BCUT2D eigenvalue weighted by Gasteiger charge is -2.04. The van der Waals surface area contributed by atoms with Crippen molar-refractivity contribution in [2.75, 3.05) is 13.7 Å². The van der Waals surface area contributed by atoms with Gasteiger partial charge in [-0.2, -0.15) is 0 Å². The van der Waals surface area contributed by atoms with E-state index < -0.39 is 0 Å². The molecule has 0 saturated carbocycles. The first-order valence-corrected chi connectivity index (χ1v) is 6.37. The van der Waals surface area contributed by atoms with Gasteiger partial charge in [-0.15, -0.1) is 11.3 Å². The Balaban J connectivity index is 1.79. The van der Waals surface area contributed by atoms with Crippen molar-refractivity contribution < 1.29 is 4.74 Å². The predicted octanol–water partition coefficient (Wildman–Crippen LogP) is 1.88. The van der Waals surface area contributed by atoms with Crippen molar-refractivity contribution in [1.82, 2.24) is 15.3 Å². The molecule has 5 heteroatoms. The third-order valence-electron chi connectivity index (χ3n) is 2.22. The Morgan fingerprint density at radius 3 is 2.94 bits per heavy atom. The molecule has 4 nitrogen and oxygen atoms in total. The van der Waals surface area contributed by atoms with Crippen molar-refractivity contribution in [3.05, 3.63) is 40.5 Å². The Kier molecular flexibility index (Phi) is 4.46. The van der Waals surface area contributed by atoms with Gasteiger partial charge in [0.05, 0.1) is 24.7 Å². The Morgan fingerprint density at radius 1 is 1.35 bits per heavy atom. The first-order chi connectivity index (χ1) is 8.38. The monoisotopic (exact) mass is 249 g/mol. The quantitative estimate of drug-likeness (QED) is 0.849. The molecule has 0 aromatic carbocycles. The maximum absolute atomic E-state index is 5.53. The molecule has 2 rings (SSSR count). The Bertz CT molecular complexity index is 428. The number of rotatable bonds is 6. The molecule has 0 radical (unpaired) electrons. The lowest BCUT2D eigenvalue weighted by atomic mass is 10.4. The molecular weight excluding hydrogens is 234 g/mol. The van der Waals surface area contributed by atoms with E-state index in [1.165, 1.54) is 4.88 Å². The second kappa shape index (κ2) is 6.32. The average Bonchev–Trinajstić information content (AvgIpc) is 2.85. The number of hydrogen-bond donors (Lipinski definition) is 1. The normalized spacial score (nSPS) is 10.4. The van der Waals surface area contributed by atoms with Crippen molar-refractivity contribution in [3.63, 3.8) is 0 Å². The van der Waals surface area contributed by atoms with Crippen LogP contribution < -0.4 is 10.1 Å². The molecule has 0 bridgehead atoms. The summed E-state index contributed by atoms with van der Waals surface area (Å²) in [4.78, 5) is 9.76. The minimum Gasteiger partial charge on any atom is -0.476 e. The summed E-state index contributed by atoms with van der Waals surface area (Å²) in [6.07, 6.45) is 4.32. The van der Waals surface area contributed by atoms with Crippen molar-refractivity contribution in [2.24, 2.45) is 0 Å². The molecule has 0 spiro atoms. The topological polar surface area (TPSA) is 47.0 Å². The highest BCUT2D eigenvalue weighted by molar-refractivity contribution is 7.09. The van der Waals surface area contributed by atoms with Gasteiger partial charge in [0.15, 0.2) is 0 Å². The van der Waals surface area contributed by atoms with Gasteiger partial charge in [0.1, 0.15) is 0 Å². The van der Waals surface area contributed by atoms with Crippen LogP contribution in [0.3, 0.4) is 0 Å². The van der Waals surface area contributed by atoms with Crippen LogP contribution in [0.15, 0.2) is 29.9 Å². The van der Waals surface area contributed by atoms with Crippen LogP contribution in [0, 0.1) is 0 Å². The Labute approximate surface area is 105 Å². The van der Waals surface area contributed by atoms with Crippen LogP contribution in [-0.2, 0) is 13.0 Å². The third kappa shape index (κ3) is 3.80. The van der Waals surface area contributed by atoms with Crippen LogP contribution in [0.1, 0.15) is 10.6 Å². The first-order valence-electron chi connectivity index (χ1n) is 5.49. The van der Waals surface area contributed by atoms with Gasteiger partial charge >= 0.3 is 0 Å². The highest BCUT2D eigenvalue weighted by Gasteiger charge is 1.99. The van der Waals surface area contributed by atoms with Gasteiger partial charge in [0, 0.05) is 17.8 Å². The molecular formula is C12H15N3OS. The molecule has 0 aliphatic carbocycles. The van der Waals surface area contributed by atoms with Crippen molar-refractivity contribution in [1.29, 1.82) is 0 Å². The fourth-order valence-electron chi connectivity index (χ4n) is 1.40. The molecule has 0 unspecified atom stereocenters. The first kappa shape index (κ1) is 12.0. The molecule has 1 N–H and O–H groups in total. The third-order valence-corrected chi connectivity index (χ3v) is 3.15. The summed E-state index contributed by atoms with van der Waals surface area (Å²) >= 11 is 1.74. The van der Waals surface area contributed by atoms with Gasteiger partial charge in [-0.05, 0) is 18.5 Å². The summed E-state index contributed by atoms with van der Waals surface area (Å²) in [5, 5.41) is 5.09. The lowest BCUT2D eigenvalue weighted by molar-refractivity contribution is 0.308. The predicted molar refractivity (Wildman–Crippen MR) is 68.3 cm³/mol. The van der Waals surface area contributed by atoms with E-state index in [1.807, 2.05) is 13.1 Å². The number of aromatic nitrogens is 2. The van der Waals surface area contributed by atoms with Gasteiger partial charge in [-0.3, -0.25) is 4.98 Å². The molecule has 0 aliphatic rings. The number of ether oxygens (including phenoxy) is 1. The molecule has 2 heterocycles. The summed E-state index contributed by atoms with van der Waals surface area (Å²) in [5.41, 5.74) is 0.915. The smallest absolute Gasteiger partial charge is 0.232 e. The standard InChI is InChI=1S/C12H15N3OS/c1-13-7-10-8-15-12(9-14-10)16-5-4-11-3-2-6-17-11/h2-3,6,8-9,13H,4-5,7H2,1H3. The zero-order valence-electron chi connectivity index (χ0n) is 9.72. The van der Waals surface area contributed by atoms with Gasteiger partial charge in [0.25, 0.3) is 0 Å². The van der Waals surface area contributed by atoms with E-state index in [0.717, 1.165) is 18.7 Å². The zero-order valence-corrected chi connectivity index (χ0v) is 10.5. The molecule has 90 valence electrons. The SMILES string of the molecule is CNCc1cnc(OCCc2cccs2)cn1. The summed E-state index contributed by atoms with van der Waals surface area (Å²) in [5.74, 6) is 0.585. The van der Waals surface area contributed by atoms with E-state index >= 15 is 0 Å². The second-order valence-corrected chi connectivity index (χ2v) is 4.59. The average molecular weight is 249 g/mol. The van der Waals surface area contributed by atoms with E-state index in [2.05, 4.69) is 26.7 Å². The molecule has 17 heavy (non-hydrogen) atoms. The van der Waals surface area contributed by atoms with Gasteiger partial charge in [-0.1, -0.05) is 6.07 Å². The van der Waals surface area contributed by atoms with Gasteiger partial charge < -0.3 is 10.1 Å². The fraction of sp³-hybridized carbons (Fsp3) is 0.333. The maximum atomic E-state index is 5.53.